The van der Waals surface area contributed by atoms with E-state index in [0.717, 1.165) is 0 Å². The Morgan fingerprint density at radius 1 is 1.22 bits per heavy atom. The predicted molar refractivity (Wildman–Crippen MR) is 103 cm³/mol. The maximum atomic E-state index is 12.3. The highest BCUT2D eigenvalue weighted by molar-refractivity contribution is 7.66. The maximum Gasteiger partial charge on any atom is 0.490 e. The van der Waals surface area contributed by atoms with Gasteiger partial charge in [-0.1, -0.05) is 5.11 Å². The van der Waals surface area contributed by atoms with Crippen molar-refractivity contribution in [2.45, 2.75) is 31.3 Å². The van der Waals surface area contributed by atoms with Crippen molar-refractivity contribution < 1.29 is 46.4 Å². The zero-order chi connectivity index (χ0) is 24.1. The Balaban J connectivity index is 1.78. The molecule has 32 heavy (non-hydrogen) atoms. The van der Waals surface area contributed by atoms with Gasteiger partial charge in [-0.2, -0.15) is 8.62 Å². The zero-order valence-electron chi connectivity index (χ0n) is 16.1. The summed E-state index contributed by atoms with van der Waals surface area (Å²) in [5, 5.41) is 3.62. The van der Waals surface area contributed by atoms with Crippen LogP contribution in [-0.2, 0) is 32.4 Å². The van der Waals surface area contributed by atoms with Gasteiger partial charge in [-0.25, -0.2) is 18.5 Å². The lowest BCUT2D eigenvalue weighted by Gasteiger charge is -2.21. The summed E-state index contributed by atoms with van der Waals surface area (Å²) in [4.78, 5) is 64.8. The number of nitrogens with zero attached hydrogens (tertiary/aromatic N) is 4. The first-order valence-corrected chi connectivity index (χ1v) is 13.3. The molecule has 5 N–H and O–H groups in total. The predicted octanol–water partition coefficient (Wildman–Crippen LogP) is 0.602. The minimum absolute atomic E-state index is 0.150. The van der Waals surface area contributed by atoms with Gasteiger partial charge < -0.3 is 19.6 Å². The Morgan fingerprint density at radius 2 is 1.88 bits per heavy atom. The second kappa shape index (κ2) is 8.32. The molecule has 3 rings (SSSR count). The molecule has 0 spiro atoms. The van der Waals surface area contributed by atoms with E-state index >= 15 is 0 Å². The lowest BCUT2D eigenvalue weighted by Crippen LogP contribution is -2.37. The number of aromatic amines is 1. The number of phosphoric acid groups is 3. The van der Waals surface area contributed by atoms with E-state index in [-0.39, 0.29) is 17.9 Å². The van der Waals surface area contributed by atoms with Crippen LogP contribution in [0, 0.1) is 18.8 Å². The molecule has 178 valence electrons. The van der Waals surface area contributed by atoms with Crippen LogP contribution in [0.1, 0.15) is 18.4 Å². The SMILES string of the molecule is Cc1cn([C@@]23CC2[C@H](COP(=O)(O)OP(=O)(O)OP(=O)(O)O)[C@@H](N=[N+]=[N-])C3)c(=O)[nH]c1=O. The number of H-pyrrole nitrogens is 1. The number of phosphoric ester groups is 1. The first-order chi connectivity index (χ1) is 14.6. The van der Waals surface area contributed by atoms with Crippen LogP contribution in [0.3, 0.4) is 0 Å². The molecule has 0 aromatic carbocycles. The number of aryl methyl sites for hydroxylation is 1. The molecular weight excluding hydrogens is 499 g/mol. The summed E-state index contributed by atoms with van der Waals surface area (Å²) in [6.45, 7) is 0.867. The monoisotopic (exact) mass is 517 g/mol. The number of nitrogens with one attached hydrogen (secondary N) is 1. The van der Waals surface area contributed by atoms with Crippen molar-refractivity contribution in [2.75, 3.05) is 6.61 Å². The molecule has 0 aliphatic heterocycles. The Morgan fingerprint density at radius 3 is 2.47 bits per heavy atom. The summed E-state index contributed by atoms with van der Waals surface area (Å²) in [5.41, 5.74) is 7.02. The second-order valence-electron chi connectivity index (χ2n) is 7.38. The summed E-state index contributed by atoms with van der Waals surface area (Å²) >= 11 is 0. The van der Waals surface area contributed by atoms with Crippen molar-refractivity contribution in [1.29, 1.82) is 0 Å². The molecule has 2 fully saturated rings. The molecular formula is C12H18N5O12P3. The molecule has 1 heterocycles. The van der Waals surface area contributed by atoms with E-state index in [1.807, 2.05) is 0 Å². The topological polar surface area (TPSA) is 263 Å². The molecule has 0 radical (unpaired) electrons. The number of rotatable bonds is 9. The summed E-state index contributed by atoms with van der Waals surface area (Å²) in [5.74, 6) is -1.11. The van der Waals surface area contributed by atoms with Gasteiger partial charge in [-0.3, -0.25) is 18.9 Å². The van der Waals surface area contributed by atoms with E-state index in [9.17, 15) is 33.1 Å². The molecule has 0 bridgehead atoms. The Labute approximate surface area is 178 Å². The lowest BCUT2D eigenvalue weighted by molar-refractivity contribution is 0.144. The van der Waals surface area contributed by atoms with Crippen LogP contribution in [-0.4, -0.2) is 41.8 Å². The Bertz CT molecular complexity index is 1230. The highest BCUT2D eigenvalue weighted by atomic mass is 31.3. The quantitative estimate of drug-likeness (QED) is 0.130. The van der Waals surface area contributed by atoms with E-state index in [4.69, 9.17) is 15.3 Å². The minimum atomic E-state index is -5.67. The van der Waals surface area contributed by atoms with Gasteiger partial charge >= 0.3 is 29.2 Å². The van der Waals surface area contributed by atoms with Crippen molar-refractivity contribution in [3.8, 4) is 0 Å². The third-order valence-electron chi connectivity index (χ3n) is 5.32. The van der Waals surface area contributed by atoms with Crippen LogP contribution in [0.2, 0.25) is 0 Å². The van der Waals surface area contributed by atoms with Gasteiger partial charge in [0.05, 0.1) is 12.1 Å². The number of azide groups is 1. The van der Waals surface area contributed by atoms with Gasteiger partial charge in [-0.15, -0.1) is 0 Å². The first kappa shape index (κ1) is 25.0. The van der Waals surface area contributed by atoms with Crippen LogP contribution in [0.15, 0.2) is 20.9 Å². The van der Waals surface area contributed by atoms with E-state index in [2.05, 4.69) is 28.2 Å². The van der Waals surface area contributed by atoms with E-state index < -0.39 is 58.8 Å². The van der Waals surface area contributed by atoms with Gasteiger partial charge in [0.1, 0.15) is 0 Å². The standard InChI is InChI=1S/C12H18N5O12P3/c1-6-4-17(11(19)14-10(6)18)12-2-8(12)7(9(3-12)15-16-13)5-27-31(23,24)29-32(25,26)28-30(20,21)22/h4,7-9H,2-3,5H2,1H3,(H,23,24)(H,25,26)(H,14,18,19)(H2,20,21,22)/t7-,8?,9-,12+/m0/s1. The van der Waals surface area contributed by atoms with Crippen molar-refractivity contribution in [3.05, 3.63) is 43.0 Å². The van der Waals surface area contributed by atoms with Crippen LogP contribution < -0.4 is 11.2 Å². The fourth-order valence-electron chi connectivity index (χ4n) is 4.06. The van der Waals surface area contributed by atoms with Crippen molar-refractivity contribution in [2.24, 2.45) is 17.0 Å². The normalized spacial score (nSPS) is 30.6. The molecule has 0 amide bonds. The molecule has 1 aromatic heterocycles. The van der Waals surface area contributed by atoms with Gasteiger partial charge in [0.15, 0.2) is 0 Å². The highest BCUT2D eigenvalue weighted by Crippen LogP contribution is 2.68. The fraction of sp³-hybridized carbons (Fsp3) is 0.667. The summed E-state index contributed by atoms with van der Waals surface area (Å²) < 4.78 is 47.4. The van der Waals surface area contributed by atoms with Crippen molar-refractivity contribution in [1.82, 2.24) is 9.55 Å². The number of hydrogen-bond acceptors (Lipinski definition) is 9. The van der Waals surface area contributed by atoms with Crippen molar-refractivity contribution in [3.63, 3.8) is 0 Å². The molecule has 2 aliphatic rings. The largest absolute Gasteiger partial charge is 0.490 e. The van der Waals surface area contributed by atoms with Crippen LogP contribution in [0.5, 0.6) is 0 Å². The third kappa shape index (κ3) is 5.30. The molecule has 1 aromatic rings. The smallest absolute Gasteiger partial charge is 0.302 e. The molecule has 17 nitrogen and oxygen atoms in total. The van der Waals surface area contributed by atoms with Crippen LogP contribution in [0.25, 0.3) is 10.4 Å². The molecule has 0 saturated heterocycles. The molecule has 3 unspecified atom stereocenters. The van der Waals surface area contributed by atoms with E-state index in [1.54, 1.807) is 0 Å². The Hall–Kier alpha value is -1.60. The first-order valence-electron chi connectivity index (χ1n) is 8.75. The summed E-state index contributed by atoms with van der Waals surface area (Å²) in [6, 6.07) is -0.801. The van der Waals surface area contributed by atoms with Gasteiger partial charge in [0.2, 0.25) is 0 Å². The molecule has 6 atom stereocenters. The van der Waals surface area contributed by atoms with E-state index in [0.29, 0.717) is 6.42 Å². The zero-order valence-corrected chi connectivity index (χ0v) is 18.8. The highest BCUT2D eigenvalue weighted by Gasteiger charge is 2.67. The Kier molecular flexibility index (Phi) is 6.50. The van der Waals surface area contributed by atoms with E-state index in [1.165, 1.54) is 17.7 Å². The average Bonchev–Trinajstić information content (AvgIpc) is 3.22. The molecule has 2 aliphatic carbocycles. The minimum Gasteiger partial charge on any atom is -0.302 e. The van der Waals surface area contributed by atoms with Gasteiger partial charge in [-0.05, 0) is 37.1 Å². The van der Waals surface area contributed by atoms with Gasteiger partial charge in [0, 0.05) is 22.7 Å². The fourth-order valence-corrected chi connectivity index (χ4v) is 7.12. The average molecular weight is 517 g/mol. The van der Waals surface area contributed by atoms with Crippen molar-refractivity contribution >= 4 is 23.5 Å². The number of fused-ring (bicyclic) bond motifs is 1. The van der Waals surface area contributed by atoms with Crippen LogP contribution >= 0.6 is 23.5 Å². The second-order valence-corrected chi connectivity index (χ2v) is 11.8. The number of hydrogen-bond donors (Lipinski definition) is 5. The summed E-state index contributed by atoms with van der Waals surface area (Å²) in [6.07, 6.45) is 1.90. The number of aromatic nitrogens is 2. The maximum absolute atomic E-state index is 12.3. The third-order valence-corrected chi connectivity index (χ3v) is 9.13. The molecule has 2 saturated carbocycles. The van der Waals surface area contributed by atoms with Gasteiger partial charge in [0.25, 0.3) is 5.56 Å². The van der Waals surface area contributed by atoms with Crippen LogP contribution in [0.4, 0.5) is 0 Å². The summed E-state index contributed by atoms with van der Waals surface area (Å²) in [7, 11) is -16.6. The molecule has 20 heteroatoms. The lowest BCUT2D eigenvalue weighted by atomic mass is 10.0.